The highest BCUT2D eigenvalue weighted by Gasteiger charge is 2.25. The fourth-order valence-corrected chi connectivity index (χ4v) is 2.84. The maximum absolute atomic E-state index is 12.4. The van der Waals surface area contributed by atoms with Crippen LogP contribution in [0.1, 0.15) is 18.4 Å². The quantitative estimate of drug-likeness (QED) is 0.755. The minimum atomic E-state index is -0.108. The summed E-state index contributed by atoms with van der Waals surface area (Å²) in [5, 5.41) is 0. The molecule has 1 aromatic carbocycles. The summed E-state index contributed by atoms with van der Waals surface area (Å²) < 4.78 is 16.5. The first-order valence-electron chi connectivity index (χ1n) is 8.66. The molecule has 1 aliphatic rings. The molecule has 138 valence electrons. The zero-order chi connectivity index (χ0) is 18.2. The fraction of sp³-hybridized carbons (Fsp3) is 0.421. The van der Waals surface area contributed by atoms with Crippen molar-refractivity contribution in [2.24, 2.45) is 0 Å². The lowest BCUT2D eigenvalue weighted by Crippen LogP contribution is -2.45. The Labute approximate surface area is 152 Å². The third-order valence-corrected chi connectivity index (χ3v) is 4.15. The van der Waals surface area contributed by atoms with E-state index in [1.54, 1.807) is 11.1 Å². The van der Waals surface area contributed by atoms with Crippen molar-refractivity contribution in [3.05, 3.63) is 48.3 Å². The summed E-state index contributed by atoms with van der Waals surface area (Å²) in [4.78, 5) is 22.4. The lowest BCUT2D eigenvalue weighted by molar-refractivity contribution is -0.139. The van der Waals surface area contributed by atoms with E-state index in [2.05, 4.69) is 9.97 Å². The van der Waals surface area contributed by atoms with Crippen LogP contribution in [0.2, 0.25) is 0 Å². The van der Waals surface area contributed by atoms with Crippen LogP contribution in [0.3, 0.4) is 0 Å². The Hall–Kier alpha value is -2.67. The van der Waals surface area contributed by atoms with Gasteiger partial charge in [0.15, 0.2) is 0 Å². The number of rotatable bonds is 7. The van der Waals surface area contributed by atoms with Crippen LogP contribution in [0, 0.1) is 0 Å². The molecule has 0 radical (unpaired) electrons. The number of aromatic nitrogens is 2. The van der Waals surface area contributed by atoms with Gasteiger partial charge in [-0.05, 0) is 18.4 Å². The molecule has 1 amide bonds. The third kappa shape index (κ3) is 5.16. The number of carbonyl (C=O) groups excluding carboxylic acids is 1. The third-order valence-electron chi connectivity index (χ3n) is 4.15. The fourth-order valence-electron chi connectivity index (χ4n) is 2.84. The number of methoxy groups -OCH3 is 1. The van der Waals surface area contributed by atoms with Crippen molar-refractivity contribution in [3.8, 4) is 11.8 Å². The molecule has 2 aromatic rings. The molecule has 0 saturated carbocycles. The van der Waals surface area contributed by atoms with Crippen molar-refractivity contribution in [1.29, 1.82) is 0 Å². The SMILES string of the molecule is COc1cncc(OC2CCCN(C(=O)COCc3ccccc3)C2)n1. The van der Waals surface area contributed by atoms with E-state index >= 15 is 0 Å². The van der Waals surface area contributed by atoms with Gasteiger partial charge < -0.3 is 19.1 Å². The van der Waals surface area contributed by atoms with E-state index in [1.807, 2.05) is 30.3 Å². The molecule has 0 aliphatic carbocycles. The van der Waals surface area contributed by atoms with Crippen molar-refractivity contribution >= 4 is 5.91 Å². The van der Waals surface area contributed by atoms with Crippen LogP contribution >= 0.6 is 0 Å². The molecule has 7 nitrogen and oxygen atoms in total. The Balaban J connectivity index is 1.47. The van der Waals surface area contributed by atoms with E-state index in [9.17, 15) is 4.79 Å². The van der Waals surface area contributed by atoms with Gasteiger partial charge in [0.05, 0.1) is 32.7 Å². The Kier molecular flexibility index (Phi) is 6.38. The highest BCUT2D eigenvalue weighted by Crippen LogP contribution is 2.18. The number of hydrogen-bond acceptors (Lipinski definition) is 6. The number of likely N-dealkylation sites (tertiary alicyclic amines) is 1. The van der Waals surface area contributed by atoms with Crippen molar-refractivity contribution in [3.63, 3.8) is 0 Å². The van der Waals surface area contributed by atoms with Crippen LogP contribution in [0.5, 0.6) is 11.8 Å². The van der Waals surface area contributed by atoms with Gasteiger partial charge in [0, 0.05) is 6.54 Å². The molecule has 1 saturated heterocycles. The van der Waals surface area contributed by atoms with Crippen LogP contribution in [-0.2, 0) is 16.1 Å². The normalized spacial score (nSPS) is 17.0. The molecule has 0 bridgehead atoms. The van der Waals surface area contributed by atoms with Crippen molar-refractivity contribution in [1.82, 2.24) is 14.9 Å². The molecule has 1 fully saturated rings. The van der Waals surface area contributed by atoms with Gasteiger partial charge in [-0.2, -0.15) is 4.98 Å². The summed E-state index contributed by atoms with van der Waals surface area (Å²) in [6.45, 7) is 1.74. The number of carbonyl (C=O) groups is 1. The van der Waals surface area contributed by atoms with E-state index in [0.717, 1.165) is 24.9 Å². The zero-order valence-electron chi connectivity index (χ0n) is 14.8. The Bertz CT molecular complexity index is 711. The van der Waals surface area contributed by atoms with Gasteiger partial charge in [0.25, 0.3) is 0 Å². The van der Waals surface area contributed by atoms with Crippen LogP contribution < -0.4 is 9.47 Å². The lowest BCUT2D eigenvalue weighted by Gasteiger charge is -2.32. The van der Waals surface area contributed by atoms with E-state index in [-0.39, 0.29) is 18.6 Å². The highest BCUT2D eigenvalue weighted by molar-refractivity contribution is 5.77. The molecular formula is C19H23N3O4. The van der Waals surface area contributed by atoms with Gasteiger partial charge in [-0.25, -0.2) is 0 Å². The van der Waals surface area contributed by atoms with Gasteiger partial charge in [0.1, 0.15) is 12.7 Å². The Morgan fingerprint density at radius 1 is 1.23 bits per heavy atom. The summed E-state index contributed by atoms with van der Waals surface area (Å²) in [6.07, 6.45) is 4.71. The zero-order valence-corrected chi connectivity index (χ0v) is 14.8. The second-order valence-electron chi connectivity index (χ2n) is 6.10. The molecule has 26 heavy (non-hydrogen) atoms. The number of benzene rings is 1. The average molecular weight is 357 g/mol. The molecule has 1 aromatic heterocycles. The highest BCUT2D eigenvalue weighted by atomic mass is 16.5. The predicted molar refractivity (Wildman–Crippen MR) is 94.9 cm³/mol. The van der Waals surface area contributed by atoms with Crippen LogP contribution in [0.25, 0.3) is 0 Å². The minimum absolute atomic E-state index is 0.0223. The standard InChI is InChI=1S/C19H23N3O4/c1-24-17-10-20-11-18(21-17)26-16-8-5-9-22(12-16)19(23)14-25-13-15-6-3-2-4-7-15/h2-4,6-7,10-11,16H,5,8-9,12-14H2,1H3. The number of piperidine rings is 1. The van der Waals surface area contributed by atoms with Crippen LogP contribution in [0.4, 0.5) is 0 Å². The number of hydrogen-bond donors (Lipinski definition) is 0. The maximum Gasteiger partial charge on any atom is 0.248 e. The van der Waals surface area contributed by atoms with Crippen LogP contribution in [0.15, 0.2) is 42.7 Å². The largest absolute Gasteiger partial charge is 0.480 e. The summed E-state index contributed by atoms with van der Waals surface area (Å²) in [5.74, 6) is 0.787. The second kappa shape index (κ2) is 9.15. The van der Waals surface area contributed by atoms with Gasteiger partial charge in [-0.1, -0.05) is 30.3 Å². The van der Waals surface area contributed by atoms with Gasteiger partial charge in [-0.3, -0.25) is 9.78 Å². The Morgan fingerprint density at radius 3 is 2.85 bits per heavy atom. The van der Waals surface area contributed by atoms with E-state index in [4.69, 9.17) is 14.2 Å². The summed E-state index contributed by atoms with van der Waals surface area (Å²) in [5.41, 5.74) is 1.05. The topological polar surface area (TPSA) is 73.8 Å². The molecule has 2 heterocycles. The lowest BCUT2D eigenvalue weighted by atomic mass is 10.1. The molecule has 1 aliphatic heterocycles. The minimum Gasteiger partial charge on any atom is -0.480 e. The summed E-state index contributed by atoms with van der Waals surface area (Å²) >= 11 is 0. The van der Waals surface area contributed by atoms with Crippen molar-refractivity contribution < 1.29 is 19.0 Å². The monoisotopic (exact) mass is 357 g/mol. The maximum atomic E-state index is 12.4. The predicted octanol–water partition coefficient (Wildman–Crippen LogP) is 2.07. The Morgan fingerprint density at radius 2 is 2.04 bits per heavy atom. The van der Waals surface area contributed by atoms with Gasteiger partial charge in [-0.15, -0.1) is 0 Å². The first-order chi connectivity index (χ1) is 12.7. The van der Waals surface area contributed by atoms with Crippen molar-refractivity contribution in [2.45, 2.75) is 25.6 Å². The summed E-state index contributed by atoms with van der Waals surface area (Å²) in [6, 6.07) is 9.81. The molecule has 1 atom stereocenters. The van der Waals surface area contributed by atoms with Crippen LogP contribution in [-0.4, -0.2) is 53.7 Å². The molecule has 3 rings (SSSR count). The second-order valence-corrected chi connectivity index (χ2v) is 6.10. The van der Waals surface area contributed by atoms with Gasteiger partial charge in [0.2, 0.25) is 17.7 Å². The molecule has 0 N–H and O–H groups in total. The van der Waals surface area contributed by atoms with Crippen molar-refractivity contribution in [2.75, 3.05) is 26.8 Å². The smallest absolute Gasteiger partial charge is 0.248 e. The first kappa shape index (κ1) is 18.1. The first-order valence-corrected chi connectivity index (χ1v) is 8.66. The van der Waals surface area contributed by atoms with E-state index in [0.29, 0.717) is 24.9 Å². The van der Waals surface area contributed by atoms with E-state index < -0.39 is 0 Å². The summed E-state index contributed by atoms with van der Waals surface area (Å²) in [7, 11) is 1.53. The molecule has 7 heteroatoms. The van der Waals surface area contributed by atoms with Gasteiger partial charge >= 0.3 is 0 Å². The van der Waals surface area contributed by atoms with E-state index in [1.165, 1.54) is 13.3 Å². The number of ether oxygens (including phenoxy) is 3. The molecule has 0 spiro atoms. The number of nitrogens with zero attached hydrogens (tertiary/aromatic N) is 3. The molecular weight excluding hydrogens is 334 g/mol. The average Bonchev–Trinajstić information content (AvgIpc) is 2.69. The number of amides is 1. The molecule has 1 unspecified atom stereocenters.